The summed E-state index contributed by atoms with van der Waals surface area (Å²) in [5.74, 6) is -0.333. The van der Waals surface area contributed by atoms with E-state index in [1.54, 1.807) is 6.08 Å². The first-order chi connectivity index (χ1) is 13.0. The van der Waals surface area contributed by atoms with Gasteiger partial charge >= 0.3 is 0 Å². The molecule has 0 atom stereocenters. The number of carbonyl (C=O) groups is 2. The summed E-state index contributed by atoms with van der Waals surface area (Å²) >= 11 is 1.37. The van der Waals surface area contributed by atoms with E-state index in [0.717, 1.165) is 28.1 Å². The average molecular weight is 377 g/mol. The van der Waals surface area contributed by atoms with Gasteiger partial charge in [-0.15, -0.1) is 11.3 Å². The van der Waals surface area contributed by atoms with Crippen molar-refractivity contribution >= 4 is 40.0 Å². The van der Waals surface area contributed by atoms with Crippen molar-refractivity contribution in [1.82, 2.24) is 4.98 Å². The molecule has 1 aromatic heterocycles. The Morgan fingerprint density at radius 2 is 1.78 bits per heavy atom. The predicted molar refractivity (Wildman–Crippen MR) is 111 cm³/mol. The Hall–Kier alpha value is -3.25. The van der Waals surface area contributed by atoms with Crippen LogP contribution in [0.25, 0.3) is 17.3 Å². The average Bonchev–Trinajstić information content (AvgIpc) is 3.09. The molecular formula is C21H19N3O2S. The molecule has 27 heavy (non-hydrogen) atoms. The highest BCUT2D eigenvalue weighted by Crippen LogP contribution is 2.26. The summed E-state index contributed by atoms with van der Waals surface area (Å²) in [5, 5.41) is 7.93. The Morgan fingerprint density at radius 3 is 2.48 bits per heavy atom. The summed E-state index contributed by atoms with van der Waals surface area (Å²) in [6.45, 7) is 3.47. The van der Waals surface area contributed by atoms with Gasteiger partial charge in [0.1, 0.15) is 0 Å². The number of aromatic nitrogens is 1. The number of hydrogen-bond acceptors (Lipinski definition) is 4. The van der Waals surface area contributed by atoms with Gasteiger partial charge in [0.05, 0.1) is 5.69 Å². The number of anilines is 2. The molecule has 3 aromatic rings. The van der Waals surface area contributed by atoms with Gasteiger partial charge in [0.25, 0.3) is 0 Å². The Balaban J connectivity index is 1.64. The minimum atomic E-state index is -0.222. The Bertz CT molecular complexity index is 991. The molecule has 2 N–H and O–H groups in total. The van der Waals surface area contributed by atoms with Crippen molar-refractivity contribution in [1.29, 1.82) is 0 Å². The molecule has 0 aliphatic heterocycles. The summed E-state index contributed by atoms with van der Waals surface area (Å²) < 4.78 is 0. The van der Waals surface area contributed by atoms with Crippen LogP contribution in [0.1, 0.15) is 18.1 Å². The minimum absolute atomic E-state index is 0.111. The monoisotopic (exact) mass is 377 g/mol. The summed E-state index contributed by atoms with van der Waals surface area (Å²) in [6, 6.07) is 15.3. The zero-order valence-corrected chi connectivity index (χ0v) is 15.8. The molecule has 6 heteroatoms. The molecule has 0 radical (unpaired) electrons. The number of hydrogen-bond donors (Lipinski definition) is 2. The second-order valence-electron chi connectivity index (χ2n) is 5.98. The van der Waals surface area contributed by atoms with Crippen molar-refractivity contribution < 1.29 is 9.59 Å². The summed E-state index contributed by atoms with van der Waals surface area (Å²) in [4.78, 5) is 27.6. The first-order valence-corrected chi connectivity index (χ1v) is 9.27. The molecule has 5 nitrogen and oxygen atoms in total. The highest BCUT2D eigenvalue weighted by molar-refractivity contribution is 7.14. The maximum atomic E-state index is 12.1. The smallest absolute Gasteiger partial charge is 0.250 e. The molecular weight excluding hydrogens is 358 g/mol. The van der Waals surface area contributed by atoms with E-state index in [-0.39, 0.29) is 11.8 Å². The van der Waals surface area contributed by atoms with Crippen LogP contribution in [0.5, 0.6) is 0 Å². The van der Waals surface area contributed by atoms with E-state index in [1.807, 2.05) is 60.8 Å². The van der Waals surface area contributed by atoms with Crippen molar-refractivity contribution in [2.45, 2.75) is 13.8 Å². The first-order valence-electron chi connectivity index (χ1n) is 8.39. The Kier molecular flexibility index (Phi) is 5.78. The van der Waals surface area contributed by atoms with Crippen LogP contribution in [0.15, 0.2) is 60.0 Å². The molecule has 0 saturated heterocycles. The van der Waals surface area contributed by atoms with Crippen LogP contribution >= 0.6 is 11.3 Å². The minimum Gasteiger partial charge on any atom is -0.326 e. The van der Waals surface area contributed by atoms with E-state index in [4.69, 9.17) is 0 Å². The lowest BCUT2D eigenvalue weighted by atomic mass is 10.1. The number of aryl methyl sites for hydroxylation is 1. The zero-order valence-electron chi connectivity index (χ0n) is 15.0. The third kappa shape index (κ3) is 5.12. The van der Waals surface area contributed by atoms with Gasteiger partial charge in [0.15, 0.2) is 5.13 Å². The molecule has 0 spiro atoms. The topological polar surface area (TPSA) is 71.1 Å². The van der Waals surface area contributed by atoms with E-state index in [9.17, 15) is 9.59 Å². The number of benzene rings is 2. The molecule has 136 valence electrons. The molecule has 2 amide bonds. The van der Waals surface area contributed by atoms with E-state index >= 15 is 0 Å². The molecule has 0 aliphatic carbocycles. The van der Waals surface area contributed by atoms with Gasteiger partial charge in [-0.05, 0) is 36.3 Å². The van der Waals surface area contributed by atoms with Crippen LogP contribution in [-0.4, -0.2) is 16.8 Å². The van der Waals surface area contributed by atoms with Gasteiger partial charge in [-0.25, -0.2) is 4.98 Å². The first kappa shape index (κ1) is 18.5. The molecule has 2 aromatic carbocycles. The maximum absolute atomic E-state index is 12.1. The second kappa shape index (κ2) is 8.42. The lowest BCUT2D eigenvalue weighted by Gasteiger charge is -2.02. The van der Waals surface area contributed by atoms with Crippen LogP contribution in [0.3, 0.4) is 0 Å². The fourth-order valence-electron chi connectivity index (χ4n) is 2.48. The van der Waals surface area contributed by atoms with E-state index in [2.05, 4.69) is 15.6 Å². The fourth-order valence-corrected chi connectivity index (χ4v) is 3.20. The van der Waals surface area contributed by atoms with Crippen molar-refractivity contribution in [3.05, 3.63) is 71.1 Å². The van der Waals surface area contributed by atoms with E-state index in [0.29, 0.717) is 5.13 Å². The zero-order chi connectivity index (χ0) is 19.2. The molecule has 0 fully saturated rings. The number of carbonyl (C=O) groups excluding carboxylic acids is 2. The molecule has 0 saturated carbocycles. The molecule has 0 bridgehead atoms. The molecule has 3 rings (SSSR count). The third-order valence-corrected chi connectivity index (χ3v) is 4.60. The summed E-state index contributed by atoms with van der Waals surface area (Å²) in [6.07, 6.45) is 3.30. The SMILES string of the molecule is CC(=O)Nc1ccc(-c2csc(NC(=O)/C=C/c3ccccc3C)n2)cc1. The van der Waals surface area contributed by atoms with Crippen molar-refractivity contribution in [2.75, 3.05) is 10.6 Å². The van der Waals surface area contributed by atoms with Gasteiger partial charge in [0, 0.05) is 29.6 Å². The number of thiazole rings is 1. The number of nitrogens with zero attached hydrogens (tertiary/aromatic N) is 1. The number of amides is 2. The summed E-state index contributed by atoms with van der Waals surface area (Å²) in [7, 11) is 0. The van der Waals surface area contributed by atoms with Gasteiger partial charge in [-0.2, -0.15) is 0 Å². The van der Waals surface area contributed by atoms with Crippen LogP contribution in [-0.2, 0) is 9.59 Å². The third-order valence-electron chi connectivity index (χ3n) is 3.84. The standard InChI is InChI=1S/C21H19N3O2S/c1-14-5-3-4-6-16(14)9-12-20(26)24-21-23-19(13-27-21)17-7-10-18(11-8-17)22-15(2)25/h3-13H,1-2H3,(H,22,25)(H,23,24,26)/b12-9+. The Labute approximate surface area is 161 Å². The molecule has 0 unspecified atom stereocenters. The molecule has 1 heterocycles. The summed E-state index contributed by atoms with van der Waals surface area (Å²) in [5.41, 5.74) is 4.53. The second-order valence-corrected chi connectivity index (χ2v) is 6.83. The van der Waals surface area contributed by atoms with Gasteiger partial charge in [0.2, 0.25) is 11.8 Å². The molecule has 0 aliphatic rings. The van der Waals surface area contributed by atoms with Crippen LogP contribution in [0.2, 0.25) is 0 Å². The van der Waals surface area contributed by atoms with Crippen molar-refractivity contribution in [2.24, 2.45) is 0 Å². The van der Waals surface area contributed by atoms with E-state index < -0.39 is 0 Å². The van der Waals surface area contributed by atoms with Crippen LogP contribution < -0.4 is 10.6 Å². The van der Waals surface area contributed by atoms with Crippen molar-refractivity contribution in [3.63, 3.8) is 0 Å². The van der Waals surface area contributed by atoms with Crippen molar-refractivity contribution in [3.8, 4) is 11.3 Å². The lowest BCUT2D eigenvalue weighted by molar-refractivity contribution is -0.114. The van der Waals surface area contributed by atoms with Crippen LogP contribution in [0.4, 0.5) is 10.8 Å². The van der Waals surface area contributed by atoms with Gasteiger partial charge in [-0.1, -0.05) is 36.4 Å². The largest absolute Gasteiger partial charge is 0.326 e. The van der Waals surface area contributed by atoms with Crippen LogP contribution in [0, 0.1) is 6.92 Å². The lowest BCUT2D eigenvalue weighted by Crippen LogP contribution is -2.07. The quantitative estimate of drug-likeness (QED) is 0.632. The normalized spacial score (nSPS) is 10.7. The highest BCUT2D eigenvalue weighted by atomic mass is 32.1. The predicted octanol–water partition coefficient (Wildman–Crippen LogP) is 4.73. The Morgan fingerprint density at radius 1 is 1.04 bits per heavy atom. The van der Waals surface area contributed by atoms with Gasteiger partial charge < -0.3 is 5.32 Å². The maximum Gasteiger partial charge on any atom is 0.250 e. The number of nitrogens with one attached hydrogen (secondary N) is 2. The highest BCUT2D eigenvalue weighted by Gasteiger charge is 2.07. The fraction of sp³-hybridized carbons (Fsp3) is 0.0952. The number of rotatable bonds is 5. The van der Waals surface area contributed by atoms with E-state index in [1.165, 1.54) is 24.3 Å². The van der Waals surface area contributed by atoms with Gasteiger partial charge in [-0.3, -0.25) is 14.9 Å².